The smallest absolute Gasteiger partial charge is 0.261 e. The highest BCUT2D eigenvalue weighted by Crippen LogP contribution is 2.21. The zero-order chi connectivity index (χ0) is 18.6. The summed E-state index contributed by atoms with van der Waals surface area (Å²) < 4.78 is 21.3. The number of carbonyl (C=O) groups excluding carboxylic acids is 2. The molecular formula is C19H28ClNO6. The van der Waals surface area contributed by atoms with E-state index in [9.17, 15) is 9.59 Å². The van der Waals surface area contributed by atoms with Crippen molar-refractivity contribution in [3.8, 4) is 0 Å². The van der Waals surface area contributed by atoms with Crippen LogP contribution in [0.5, 0.6) is 0 Å². The Morgan fingerprint density at radius 3 is 1.56 bits per heavy atom. The van der Waals surface area contributed by atoms with Crippen LogP contribution < -0.4 is 0 Å². The molecule has 8 heteroatoms. The van der Waals surface area contributed by atoms with E-state index in [1.165, 1.54) is 4.90 Å². The Kier molecular flexibility index (Phi) is 11.9. The molecule has 1 heterocycles. The Bertz CT molecular complexity index is 548. The first-order valence-corrected chi connectivity index (χ1v) is 9.11. The number of hydrogen-bond acceptors (Lipinski definition) is 6. The fourth-order valence-corrected chi connectivity index (χ4v) is 2.52. The number of nitrogens with zero attached hydrogens (tertiary/aromatic N) is 1. The van der Waals surface area contributed by atoms with Gasteiger partial charge in [0.25, 0.3) is 11.8 Å². The van der Waals surface area contributed by atoms with Crippen LogP contribution in [-0.4, -0.2) is 82.0 Å². The third kappa shape index (κ3) is 7.56. The minimum absolute atomic E-state index is 0. The number of rotatable bonds is 14. The SMILES string of the molecule is C.O=C1c2ccccc2C(=O)N1CCOCCOCCOCCOCCCl. The highest BCUT2D eigenvalue weighted by atomic mass is 35.5. The van der Waals surface area contributed by atoms with E-state index in [1.54, 1.807) is 24.3 Å². The molecule has 27 heavy (non-hydrogen) atoms. The number of fused-ring (bicyclic) bond motifs is 1. The van der Waals surface area contributed by atoms with Gasteiger partial charge in [-0.1, -0.05) is 19.6 Å². The summed E-state index contributed by atoms with van der Waals surface area (Å²) in [6.45, 7) is 3.85. The summed E-state index contributed by atoms with van der Waals surface area (Å²) >= 11 is 5.47. The number of alkyl halides is 1. The predicted octanol–water partition coefficient (Wildman–Crippen LogP) is 2.22. The second-order valence-electron chi connectivity index (χ2n) is 5.45. The molecule has 152 valence electrons. The fourth-order valence-electron chi connectivity index (χ4n) is 2.41. The summed E-state index contributed by atoms with van der Waals surface area (Å²) in [6.07, 6.45) is 0. The van der Waals surface area contributed by atoms with Gasteiger partial charge in [0.2, 0.25) is 0 Å². The Hall–Kier alpha value is -1.51. The average Bonchev–Trinajstić information content (AvgIpc) is 2.90. The van der Waals surface area contributed by atoms with Crippen molar-refractivity contribution >= 4 is 23.4 Å². The van der Waals surface area contributed by atoms with Crippen molar-refractivity contribution in [3.05, 3.63) is 35.4 Å². The summed E-state index contributed by atoms with van der Waals surface area (Å²) in [5.74, 6) is -0.0499. The van der Waals surface area contributed by atoms with Crippen LogP contribution in [0.4, 0.5) is 0 Å². The van der Waals surface area contributed by atoms with Gasteiger partial charge in [-0.2, -0.15) is 0 Å². The van der Waals surface area contributed by atoms with Crippen LogP contribution in [-0.2, 0) is 18.9 Å². The first-order chi connectivity index (χ1) is 12.8. The minimum Gasteiger partial charge on any atom is -0.378 e. The number of amides is 2. The van der Waals surface area contributed by atoms with Crippen LogP contribution in [0.25, 0.3) is 0 Å². The molecule has 0 aliphatic carbocycles. The quantitative estimate of drug-likeness (QED) is 0.270. The Morgan fingerprint density at radius 1 is 0.704 bits per heavy atom. The summed E-state index contributed by atoms with van der Waals surface area (Å²) in [5.41, 5.74) is 0.905. The number of ether oxygens (including phenoxy) is 4. The molecule has 7 nitrogen and oxygen atoms in total. The molecule has 0 spiro atoms. The molecule has 0 radical (unpaired) electrons. The third-order valence-electron chi connectivity index (χ3n) is 3.67. The van der Waals surface area contributed by atoms with Crippen molar-refractivity contribution in [3.63, 3.8) is 0 Å². The highest BCUT2D eigenvalue weighted by Gasteiger charge is 2.34. The van der Waals surface area contributed by atoms with Gasteiger partial charge in [-0.25, -0.2) is 0 Å². The molecule has 1 aromatic carbocycles. The summed E-state index contributed by atoms with van der Waals surface area (Å²) in [6, 6.07) is 6.82. The molecule has 0 saturated carbocycles. The maximum Gasteiger partial charge on any atom is 0.261 e. The Morgan fingerprint density at radius 2 is 1.11 bits per heavy atom. The number of carbonyl (C=O) groups is 2. The molecule has 0 fully saturated rings. The summed E-state index contributed by atoms with van der Waals surface area (Å²) in [4.78, 5) is 25.5. The van der Waals surface area contributed by atoms with Crippen molar-refractivity contribution in [1.29, 1.82) is 0 Å². The molecule has 2 rings (SSSR count). The zero-order valence-electron chi connectivity index (χ0n) is 14.7. The largest absolute Gasteiger partial charge is 0.378 e. The van der Waals surface area contributed by atoms with Gasteiger partial charge in [-0.05, 0) is 12.1 Å². The molecule has 0 N–H and O–H groups in total. The lowest BCUT2D eigenvalue weighted by molar-refractivity contribution is -0.00184. The normalized spacial score (nSPS) is 13.0. The molecular weight excluding hydrogens is 374 g/mol. The second kappa shape index (κ2) is 13.6. The van der Waals surface area contributed by atoms with E-state index in [1.807, 2.05) is 0 Å². The molecule has 0 atom stereocenters. The maximum atomic E-state index is 12.2. The minimum atomic E-state index is -0.266. The van der Waals surface area contributed by atoms with Crippen molar-refractivity contribution in [1.82, 2.24) is 4.90 Å². The number of imide groups is 1. The molecule has 0 saturated heterocycles. The van der Waals surface area contributed by atoms with Crippen molar-refractivity contribution in [2.45, 2.75) is 7.43 Å². The van der Waals surface area contributed by atoms with Gasteiger partial charge in [0.05, 0.1) is 70.5 Å². The molecule has 1 aliphatic rings. The van der Waals surface area contributed by atoms with Gasteiger partial charge < -0.3 is 18.9 Å². The van der Waals surface area contributed by atoms with Gasteiger partial charge in [0, 0.05) is 5.88 Å². The molecule has 1 aliphatic heterocycles. The van der Waals surface area contributed by atoms with E-state index in [0.29, 0.717) is 63.3 Å². The summed E-state index contributed by atoms with van der Waals surface area (Å²) in [7, 11) is 0. The lowest BCUT2D eigenvalue weighted by atomic mass is 10.1. The number of halogens is 1. The number of benzene rings is 1. The molecule has 0 bridgehead atoms. The van der Waals surface area contributed by atoms with E-state index >= 15 is 0 Å². The van der Waals surface area contributed by atoms with Crippen LogP contribution in [0.3, 0.4) is 0 Å². The van der Waals surface area contributed by atoms with E-state index in [-0.39, 0.29) is 32.4 Å². The lowest BCUT2D eigenvalue weighted by Gasteiger charge is -2.13. The molecule has 0 aromatic heterocycles. The van der Waals surface area contributed by atoms with Crippen LogP contribution >= 0.6 is 11.6 Å². The van der Waals surface area contributed by atoms with Gasteiger partial charge >= 0.3 is 0 Å². The Balaban J connectivity index is 0.00000364. The van der Waals surface area contributed by atoms with Crippen LogP contribution in [0.1, 0.15) is 28.1 Å². The average molecular weight is 402 g/mol. The van der Waals surface area contributed by atoms with Crippen molar-refractivity contribution < 1.29 is 28.5 Å². The second-order valence-corrected chi connectivity index (χ2v) is 5.82. The van der Waals surface area contributed by atoms with Gasteiger partial charge in [0.1, 0.15) is 0 Å². The van der Waals surface area contributed by atoms with E-state index in [0.717, 1.165) is 0 Å². The first kappa shape index (κ1) is 23.5. The maximum absolute atomic E-state index is 12.2. The topological polar surface area (TPSA) is 74.3 Å². The fraction of sp³-hybridized carbons (Fsp3) is 0.579. The van der Waals surface area contributed by atoms with Gasteiger partial charge in [0.15, 0.2) is 0 Å². The van der Waals surface area contributed by atoms with E-state index < -0.39 is 0 Å². The number of hydrogen-bond donors (Lipinski definition) is 0. The monoisotopic (exact) mass is 401 g/mol. The first-order valence-electron chi connectivity index (χ1n) is 8.58. The van der Waals surface area contributed by atoms with Crippen LogP contribution in [0.15, 0.2) is 24.3 Å². The predicted molar refractivity (Wildman–Crippen MR) is 103 cm³/mol. The van der Waals surface area contributed by atoms with E-state index in [2.05, 4.69) is 0 Å². The van der Waals surface area contributed by atoms with Gasteiger partial charge in [-0.3, -0.25) is 14.5 Å². The highest BCUT2D eigenvalue weighted by molar-refractivity contribution is 6.21. The molecule has 1 aromatic rings. The van der Waals surface area contributed by atoms with Crippen LogP contribution in [0.2, 0.25) is 0 Å². The summed E-state index contributed by atoms with van der Waals surface area (Å²) in [5, 5.41) is 0. The van der Waals surface area contributed by atoms with Crippen molar-refractivity contribution in [2.24, 2.45) is 0 Å². The molecule has 0 unspecified atom stereocenters. The van der Waals surface area contributed by atoms with Crippen LogP contribution in [0, 0.1) is 0 Å². The third-order valence-corrected chi connectivity index (χ3v) is 3.83. The van der Waals surface area contributed by atoms with Gasteiger partial charge in [-0.15, -0.1) is 11.6 Å². The Labute approximate surface area is 165 Å². The standard InChI is InChI=1S/C18H24ClNO6.CH4/c19-5-7-23-9-11-25-13-14-26-12-10-24-8-6-20-17(21)15-3-1-2-4-16(15)18(20)22;/h1-4H,5-14H2;1H4. The zero-order valence-corrected chi connectivity index (χ0v) is 15.4. The van der Waals surface area contributed by atoms with E-state index in [4.69, 9.17) is 30.5 Å². The lowest BCUT2D eigenvalue weighted by Crippen LogP contribution is -2.33. The van der Waals surface area contributed by atoms with Crippen molar-refractivity contribution in [2.75, 3.05) is 65.3 Å². The molecule has 2 amide bonds.